The highest BCUT2D eigenvalue weighted by Gasteiger charge is 2.62. The van der Waals surface area contributed by atoms with E-state index in [2.05, 4.69) is 5.32 Å². The topological polar surface area (TPSA) is 119 Å². The van der Waals surface area contributed by atoms with Crippen molar-refractivity contribution in [3.8, 4) is 0 Å². The molecule has 2 fully saturated rings. The molecule has 1 unspecified atom stereocenters. The van der Waals surface area contributed by atoms with Crippen molar-refractivity contribution in [1.29, 1.82) is 0 Å². The molecule has 26 heavy (non-hydrogen) atoms. The molecular weight excluding hydrogens is 342 g/mol. The van der Waals surface area contributed by atoms with Crippen LogP contribution in [0.15, 0.2) is 0 Å². The van der Waals surface area contributed by atoms with Gasteiger partial charge in [-0.2, -0.15) is 0 Å². The number of carbonyl (C=O) groups is 4. The number of ether oxygens (including phenoxy) is 2. The molecule has 2 aliphatic carbocycles. The monoisotopic (exact) mass is 369 g/mol. The Kier molecular flexibility index (Phi) is 6.05. The first-order chi connectivity index (χ1) is 12.1. The fourth-order valence-electron chi connectivity index (χ4n) is 3.56. The van der Waals surface area contributed by atoms with E-state index in [1.807, 2.05) is 0 Å². The SMILES string of the molecule is COC(=O)[C@H]1[C@H](NC(=O)C(=O)OC(C)(C)C)[C@@H]1[C@H](O)C1CCCCC1=O. The first-order valence-corrected chi connectivity index (χ1v) is 8.89. The highest BCUT2D eigenvalue weighted by Crippen LogP contribution is 2.46. The lowest BCUT2D eigenvalue weighted by molar-refractivity contribution is -0.163. The van der Waals surface area contributed by atoms with Gasteiger partial charge in [-0.1, -0.05) is 6.42 Å². The van der Waals surface area contributed by atoms with E-state index in [-0.39, 0.29) is 5.78 Å². The van der Waals surface area contributed by atoms with Crippen molar-refractivity contribution in [2.45, 2.75) is 64.2 Å². The molecule has 0 radical (unpaired) electrons. The average Bonchev–Trinajstić information content (AvgIpc) is 3.26. The number of methoxy groups -OCH3 is 1. The van der Waals surface area contributed by atoms with Gasteiger partial charge >= 0.3 is 17.8 Å². The maximum atomic E-state index is 12.1. The highest BCUT2D eigenvalue weighted by molar-refractivity contribution is 6.32. The van der Waals surface area contributed by atoms with Gasteiger partial charge in [-0.15, -0.1) is 0 Å². The zero-order valence-electron chi connectivity index (χ0n) is 15.6. The Morgan fingerprint density at radius 3 is 2.42 bits per heavy atom. The summed E-state index contributed by atoms with van der Waals surface area (Å²) >= 11 is 0. The van der Waals surface area contributed by atoms with Crippen LogP contribution in [0.5, 0.6) is 0 Å². The molecule has 0 aromatic rings. The van der Waals surface area contributed by atoms with Gasteiger partial charge in [-0.25, -0.2) is 4.79 Å². The van der Waals surface area contributed by atoms with Gasteiger partial charge in [0.25, 0.3) is 0 Å². The minimum absolute atomic E-state index is 0.0310. The van der Waals surface area contributed by atoms with Crippen LogP contribution < -0.4 is 5.32 Å². The number of carbonyl (C=O) groups excluding carboxylic acids is 4. The van der Waals surface area contributed by atoms with Crippen LogP contribution in [0.2, 0.25) is 0 Å². The summed E-state index contributed by atoms with van der Waals surface area (Å²) in [6, 6.07) is -0.757. The molecule has 0 aromatic heterocycles. The summed E-state index contributed by atoms with van der Waals surface area (Å²) in [7, 11) is 1.21. The lowest BCUT2D eigenvalue weighted by Crippen LogP contribution is -2.40. The molecule has 0 heterocycles. The van der Waals surface area contributed by atoms with Gasteiger partial charge in [0.2, 0.25) is 0 Å². The zero-order chi connectivity index (χ0) is 19.6. The van der Waals surface area contributed by atoms with Crippen LogP contribution in [0, 0.1) is 17.8 Å². The van der Waals surface area contributed by atoms with Gasteiger partial charge in [0.15, 0.2) is 0 Å². The van der Waals surface area contributed by atoms with E-state index in [9.17, 15) is 24.3 Å². The maximum absolute atomic E-state index is 12.1. The molecule has 2 aliphatic rings. The second-order valence-corrected chi connectivity index (χ2v) is 7.94. The van der Waals surface area contributed by atoms with Crippen LogP contribution in [-0.2, 0) is 28.7 Å². The van der Waals surface area contributed by atoms with E-state index in [0.29, 0.717) is 12.8 Å². The van der Waals surface area contributed by atoms with Crippen LogP contribution in [-0.4, -0.2) is 53.6 Å². The zero-order valence-corrected chi connectivity index (χ0v) is 15.6. The molecule has 2 rings (SSSR count). The van der Waals surface area contributed by atoms with Gasteiger partial charge in [0.1, 0.15) is 11.4 Å². The Labute approximate surface area is 152 Å². The summed E-state index contributed by atoms with van der Waals surface area (Å²) in [5, 5.41) is 13.1. The van der Waals surface area contributed by atoms with E-state index in [1.54, 1.807) is 20.8 Å². The van der Waals surface area contributed by atoms with Crippen molar-refractivity contribution in [3.63, 3.8) is 0 Å². The minimum atomic E-state index is -1.06. The second-order valence-electron chi connectivity index (χ2n) is 7.94. The number of Topliss-reactive ketones (excluding diaryl/α,β-unsaturated/α-hetero) is 1. The number of aliphatic hydroxyl groups excluding tert-OH is 1. The summed E-state index contributed by atoms with van der Waals surface area (Å²) in [5.74, 6) is -4.65. The van der Waals surface area contributed by atoms with Gasteiger partial charge < -0.3 is 19.9 Å². The van der Waals surface area contributed by atoms with Crippen LogP contribution >= 0.6 is 0 Å². The number of ketones is 1. The fourth-order valence-corrected chi connectivity index (χ4v) is 3.56. The molecule has 2 saturated carbocycles. The summed E-state index contributed by atoms with van der Waals surface area (Å²) in [6.07, 6.45) is 1.53. The Morgan fingerprint density at radius 1 is 1.23 bits per heavy atom. The van der Waals surface area contributed by atoms with E-state index < -0.39 is 53.3 Å². The van der Waals surface area contributed by atoms with Crippen molar-refractivity contribution < 1.29 is 33.8 Å². The fraction of sp³-hybridized carbons (Fsp3) is 0.778. The predicted octanol–water partition coefficient (Wildman–Crippen LogP) is 0.352. The van der Waals surface area contributed by atoms with Crippen LogP contribution in [0.25, 0.3) is 0 Å². The largest absolute Gasteiger partial charge is 0.469 e. The number of esters is 2. The third-order valence-electron chi connectivity index (χ3n) is 4.84. The Balaban J connectivity index is 2.05. The van der Waals surface area contributed by atoms with Gasteiger partial charge in [0, 0.05) is 24.3 Å². The molecule has 0 aromatic carbocycles. The van der Waals surface area contributed by atoms with Crippen molar-refractivity contribution in [3.05, 3.63) is 0 Å². The Bertz CT molecular complexity index is 595. The molecule has 0 saturated heterocycles. The minimum Gasteiger partial charge on any atom is -0.469 e. The molecule has 5 atom stereocenters. The molecule has 8 nitrogen and oxygen atoms in total. The van der Waals surface area contributed by atoms with Crippen molar-refractivity contribution >= 4 is 23.6 Å². The molecule has 0 aliphatic heterocycles. The van der Waals surface area contributed by atoms with Crippen molar-refractivity contribution in [2.24, 2.45) is 17.8 Å². The van der Waals surface area contributed by atoms with Crippen LogP contribution in [0.3, 0.4) is 0 Å². The number of hydrogen-bond donors (Lipinski definition) is 2. The van der Waals surface area contributed by atoms with E-state index in [0.717, 1.165) is 12.8 Å². The lowest BCUT2D eigenvalue weighted by atomic mass is 9.82. The molecule has 0 spiro atoms. The third-order valence-corrected chi connectivity index (χ3v) is 4.84. The summed E-state index contributed by atoms with van der Waals surface area (Å²) in [6.45, 7) is 4.90. The molecular formula is C18H27NO7. The van der Waals surface area contributed by atoms with Crippen LogP contribution in [0.4, 0.5) is 0 Å². The molecule has 0 bridgehead atoms. The standard InChI is InChI=1S/C18H27NO7/c1-18(2,3)26-17(24)15(22)19-13-11(12(13)16(23)25-4)14(21)9-7-5-6-8-10(9)20/h9,11-14,21H,5-8H2,1-4H3,(H,19,22)/t9?,11-,12-,13-,14-/m1/s1. The average molecular weight is 369 g/mol. The van der Waals surface area contributed by atoms with Gasteiger partial charge in [-0.3, -0.25) is 14.4 Å². The summed E-state index contributed by atoms with van der Waals surface area (Å²) in [4.78, 5) is 47.9. The number of nitrogens with one attached hydrogen (secondary N) is 1. The van der Waals surface area contributed by atoms with Gasteiger partial charge in [-0.05, 0) is 33.6 Å². The number of aliphatic hydroxyl groups is 1. The second kappa shape index (κ2) is 7.73. The number of rotatable bonds is 4. The smallest absolute Gasteiger partial charge is 0.397 e. The first kappa shape index (κ1) is 20.4. The Morgan fingerprint density at radius 2 is 1.88 bits per heavy atom. The van der Waals surface area contributed by atoms with Crippen LogP contribution in [0.1, 0.15) is 46.5 Å². The van der Waals surface area contributed by atoms with E-state index in [1.165, 1.54) is 7.11 Å². The van der Waals surface area contributed by atoms with E-state index >= 15 is 0 Å². The van der Waals surface area contributed by atoms with E-state index in [4.69, 9.17) is 9.47 Å². The first-order valence-electron chi connectivity index (χ1n) is 8.89. The van der Waals surface area contributed by atoms with Crippen molar-refractivity contribution in [1.82, 2.24) is 5.32 Å². The molecule has 8 heteroatoms. The predicted molar refractivity (Wildman–Crippen MR) is 89.7 cm³/mol. The third kappa shape index (κ3) is 4.60. The molecule has 1 amide bonds. The number of amides is 1. The summed E-state index contributed by atoms with van der Waals surface area (Å²) in [5.41, 5.74) is -0.826. The van der Waals surface area contributed by atoms with Gasteiger partial charge in [0.05, 0.1) is 19.1 Å². The molecule has 2 N–H and O–H groups in total. The molecule has 146 valence electrons. The normalized spacial score (nSPS) is 29.5. The number of hydrogen-bond acceptors (Lipinski definition) is 7. The van der Waals surface area contributed by atoms with Crippen molar-refractivity contribution in [2.75, 3.05) is 7.11 Å². The quantitative estimate of drug-likeness (QED) is 0.542. The lowest BCUT2D eigenvalue weighted by Gasteiger charge is -2.25. The Hall–Kier alpha value is -1.96. The highest BCUT2D eigenvalue weighted by atomic mass is 16.6. The maximum Gasteiger partial charge on any atom is 0.397 e. The summed E-state index contributed by atoms with van der Waals surface area (Å²) < 4.78 is 9.71.